The van der Waals surface area contributed by atoms with Crippen molar-refractivity contribution in [1.29, 1.82) is 0 Å². The van der Waals surface area contributed by atoms with Crippen molar-refractivity contribution in [2.24, 2.45) is 0 Å². The third-order valence-electron chi connectivity index (χ3n) is 2.30. The number of rotatable bonds is 3. The third-order valence-corrected chi connectivity index (χ3v) is 2.30. The lowest BCUT2D eigenvalue weighted by molar-refractivity contribution is 0.398. The Labute approximate surface area is 94.7 Å². The van der Waals surface area contributed by atoms with Crippen molar-refractivity contribution in [3.05, 3.63) is 42.5 Å². The third kappa shape index (κ3) is 2.14. The van der Waals surface area contributed by atoms with Crippen molar-refractivity contribution in [3.63, 3.8) is 0 Å². The molecule has 0 amide bonds. The van der Waals surface area contributed by atoms with E-state index in [-0.39, 0.29) is 0 Å². The Kier molecular flexibility index (Phi) is 3.05. The van der Waals surface area contributed by atoms with E-state index in [1.54, 1.807) is 14.2 Å². The van der Waals surface area contributed by atoms with Gasteiger partial charge in [-0.2, -0.15) is 0 Å². The van der Waals surface area contributed by atoms with E-state index in [4.69, 9.17) is 9.47 Å². The summed E-state index contributed by atoms with van der Waals surface area (Å²) in [6.45, 7) is 0. The molecule has 0 atom stereocenters. The van der Waals surface area contributed by atoms with E-state index < -0.39 is 0 Å². The van der Waals surface area contributed by atoms with Crippen LogP contribution in [0, 0.1) is 0 Å². The number of nitrogens with zero attached hydrogens (tertiary/aromatic N) is 1. The molecule has 0 aliphatic heterocycles. The maximum Gasteiger partial charge on any atom is 0.213 e. The van der Waals surface area contributed by atoms with Crippen LogP contribution in [0.3, 0.4) is 0 Å². The first-order valence-corrected chi connectivity index (χ1v) is 4.99. The van der Waals surface area contributed by atoms with Gasteiger partial charge in [0, 0.05) is 11.6 Å². The monoisotopic (exact) mass is 215 g/mol. The van der Waals surface area contributed by atoms with E-state index >= 15 is 0 Å². The van der Waals surface area contributed by atoms with E-state index in [0.717, 1.165) is 17.0 Å². The lowest BCUT2D eigenvalue weighted by Crippen LogP contribution is -1.90. The van der Waals surface area contributed by atoms with Gasteiger partial charge in [0.05, 0.1) is 19.9 Å². The Morgan fingerprint density at radius 1 is 0.938 bits per heavy atom. The van der Waals surface area contributed by atoms with E-state index in [1.807, 2.05) is 42.5 Å². The predicted octanol–water partition coefficient (Wildman–Crippen LogP) is 2.77. The minimum Gasteiger partial charge on any atom is -0.497 e. The fourth-order valence-electron chi connectivity index (χ4n) is 1.47. The number of benzene rings is 1. The molecular formula is C13H13NO2. The van der Waals surface area contributed by atoms with Crippen LogP contribution in [-0.4, -0.2) is 19.2 Å². The van der Waals surface area contributed by atoms with Crippen molar-refractivity contribution < 1.29 is 9.47 Å². The summed E-state index contributed by atoms with van der Waals surface area (Å²) < 4.78 is 10.3. The number of pyridine rings is 1. The maximum atomic E-state index is 5.17. The number of methoxy groups -OCH3 is 2. The first-order chi connectivity index (χ1) is 7.83. The van der Waals surface area contributed by atoms with Gasteiger partial charge in [-0.1, -0.05) is 18.2 Å². The van der Waals surface area contributed by atoms with Gasteiger partial charge in [-0.25, -0.2) is 4.98 Å². The van der Waals surface area contributed by atoms with Gasteiger partial charge in [-0.05, 0) is 18.2 Å². The molecule has 0 aliphatic rings. The summed E-state index contributed by atoms with van der Waals surface area (Å²) in [6, 6.07) is 13.5. The van der Waals surface area contributed by atoms with Gasteiger partial charge in [-0.15, -0.1) is 0 Å². The van der Waals surface area contributed by atoms with Crippen LogP contribution in [0.15, 0.2) is 42.5 Å². The van der Waals surface area contributed by atoms with Gasteiger partial charge in [0.2, 0.25) is 5.88 Å². The molecule has 82 valence electrons. The van der Waals surface area contributed by atoms with Crippen molar-refractivity contribution in [3.8, 4) is 22.9 Å². The predicted molar refractivity (Wildman–Crippen MR) is 62.8 cm³/mol. The first kappa shape index (κ1) is 10.5. The summed E-state index contributed by atoms with van der Waals surface area (Å²) >= 11 is 0. The number of aromatic nitrogens is 1. The van der Waals surface area contributed by atoms with E-state index in [0.29, 0.717) is 5.88 Å². The van der Waals surface area contributed by atoms with E-state index in [1.165, 1.54) is 0 Å². The molecule has 1 aromatic heterocycles. The van der Waals surface area contributed by atoms with Crippen molar-refractivity contribution in [1.82, 2.24) is 4.98 Å². The van der Waals surface area contributed by atoms with Gasteiger partial charge >= 0.3 is 0 Å². The van der Waals surface area contributed by atoms with Crippen LogP contribution in [-0.2, 0) is 0 Å². The minimum absolute atomic E-state index is 0.611. The number of hydrogen-bond acceptors (Lipinski definition) is 3. The fourth-order valence-corrected chi connectivity index (χ4v) is 1.47. The summed E-state index contributed by atoms with van der Waals surface area (Å²) in [4.78, 5) is 4.36. The highest BCUT2D eigenvalue weighted by Crippen LogP contribution is 2.23. The second-order valence-corrected chi connectivity index (χ2v) is 3.30. The van der Waals surface area contributed by atoms with Crippen LogP contribution in [0.2, 0.25) is 0 Å². The lowest BCUT2D eigenvalue weighted by Gasteiger charge is -2.05. The molecule has 1 aromatic carbocycles. The number of hydrogen-bond donors (Lipinski definition) is 0. The largest absolute Gasteiger partial charge is 0.497 e. The van der Waals surface area contributed by atoms with Crippen LogP contribution in [0.4, 0.5) is 0 Å². The summed E-state index contributed by atoms with van der Waals surface area (Å²) in [6.07, 6.45) is 0. The van der Waals surface area contributed by atoms with Gasteiger partial charge in [0.25, 0.3) is 0 Å². The fraction of sp³-hybridized carbons (Fsp3) is 0.154. The van der Waals surface area contributed by atoms with Crippen LogP contribution < -0.4 is 9.47 Å². The zero-order valence-corrected chi connectivity index (χ0v) is 9.31. The van der Waals surface area contributed by atoms with Crippen LogP contribution in [0.25, 0.3) is 11.3 Å². The zero-order valence-electron chi connectivity index (χ0n) is 9.31. The van der Waals surface area contributed by atoms with E-state index in [2.05, 4.69) is 4.98 Å². The molecule has 0 spiro atoms. The normalized spacial score (nSPS) is 9.88. The molecule has 0 unspecified atom stereocenters. The molecule has 0 saturated carbocycles. The Balaban J connectivity index is 2.41. The highest BCUT2D eigenvalue weighted by atomic mass is 16.5. The molecule has 1 heterocycles. The average molecular weight is 215 g/mol. The second-order valence-electron chi connectivity index (χ2n) is 3.30. The molecule has 3 heteroatoms. The van der Waals surface area contributed by atoms with Crippen molar-refractivity contribution >= 4 is 0 Å². The molecule has 0 fully saturated rings. The van der Waals surface area contributed by atoms with Gasteiger partial charge in [0.1, 0.15) is 5.75 Å². The Bertz CT molecular complexity index is 437. The Morgan fingerprint density at radius 3 is 2.50 bits per heavy atom. The Hall–Kier alpha value is -2.03. The molecule has 2 rings (SSSR count). The topological polar surface area (TPSA) is 31.4 Å². The standard InChI is InChI=1S/C13H13NO2/c1-15-11-6-3-5-10(9-11)12-7-4-8-13(14-12)16-2/h3-9H,1-2H3. The first-order valence-electron chi connectivity index (χ1n) is 4.99. The quantitative estimate of drug-likeness (QED) is 0.788. The summed E-state index contributed by atoms with van der Waals surface area (Å²) in [7, 11) is 3.26. The lowest BCUT2D eigenvalue weighted by atomic mass is 10.1. The highest BCUT2D eigenvalue weighted by Gasteiger charge is 2.02. The summed E-state index contributed by atoms with van der Waals surface area (Å²) in [5, 5.41) is 0. The molecular weight excluding hydrogens is 202 g/mol. The Morgan fingerprint density at radius 2 is 1.75 bits per heavy atom. The van der Waals surface area contributed by atoms with Gasteiger partial charge < -0.3 is 9.47 Å². The summed E-state index contributed by atoms with van der Waals surface area (Å²) in [5.74, 6) is 1.43. The SMILES string of the molecule is COc1cccc(-c2cccc(OC)n2)c1. The maximum absolute atomic E-state index is 5.17. The van der Waals surface area contributed by atoms with Crippen LogP contribution in [0.1, 0.15) is 0 Å². The average Bonchev–Trinajstić information content (AvgIpc) is 2.39. The molecule has 0 saturated heterocycles. The van der Waals surface area contributed by atoms with Gasteiger partial charge in [0.15, 0.2) is 0 Å². The van der Waals surface area contributed by atoms with Crippen LogP contribution in [0.5, 0.6) is 11.6 Å². The molecule has 0 N–H and O–H groups in total. The molecule has 2 aromatic rings. The minimum atomic E-state index is 0.611. The molecule has 0 radical (unpaired) electrons. The summed E-state index contributed by atoms with van der Waals surface area (Å²) in [5.41, 5.74) is 1.89. The molecule has 3 nitrogen and oxygen atoms in total. The van der Waals surface area contributed by atoms with E-state index in [9.17, 15) is 0 Å². The van der Waals surface area contributed by atoms with Crippen molar-refractivity contribution in [2.45, 2.75) is 0 Å². The van der Waals surface area contributed by atoms with Crippen LogP contribution >= 0.6 is 0 Å². The molecule has 16 heavy (non-hydrogen) atoms. The zero-order chi connectivity index (χ0) is 11.4. The van der Waals surface area contributed by atoms with Gasteiger partial charge in [-0.3, -0.25) is 0 Å². The molecule has 0 aliphatic carbocycles. The number of ether oxygens (including phenoxy) is 2. The smallest absolute Gasteiger partial charge is 0.213 e. The second kappa shape index (κ2) is 4.66. The molecule has 0 bridgehead atoms. The highest BCUT2D eigenvalue weighted by molar-refractivity contribution is 5.61. The van der Waals surface area contributed by atoms with Crippen molar-refractivity contribution in [2.75, 3.05) is 14.2 Å².